The molecule has 1 fully saturated rings. The van der Waals surface area contributed by atoms with Crippen LogP contribution in [-0.2, 0) is 13.1 Å². The van der Waals surface area contributed by atoms with E-state index in [0.717, 1.165) is 50.5 Å². The average molecular weight is 437 g/mol. The molecule has 32 heavy (non-hydrogen) atoms. The second kappa shape index (κ2) is 12.0. The van der Waals surface area contributed by atoms with Crippen molar-refractivity contribution in [2.24, 2.45) is 0 Å². The molecule has 1 unspecified atom stereocenters. The number of rotatable bonds is 8. The molecule has 0 aliphatic carbocycles. The predicted molar refractivity (Wildman–Crippen MR) is 129 cm³/mol. The van der Waals surface area contributed by atoms with Crippen molar-refractivity contribution in [1.82, 2.24) is 9.80 Å². The van der Waals surface area contributed by atoms with E-state index in [9.17, 15) is 5.11 Å². The molecule has 0 saturated carbocycles. The molecule has 1 atom stereocenters. The molecule has 1 aliphatic heterocycles. The minimum atomic E-state index is 0.101. The normalized spacial score (nSPS) is 17.1. The smallest absolute Gasteiger partial charge is 0.122 e. The first-order valence-electron chi connectivity index (χ1n) is 11.4. The summed E-state index contributed by atoms with van der Waals surface area (Å²) in [6, 6.07) is 13.0. The zero-order chi connectivity index (χ0) is 22.9. The largest absolute Gasteiger partial charge is 0.496 e. The summed E-state index contributed by atoms with van der Waals surface area (Å²) in [6.45, 7) is 9.34. The molecule has 0 amide bonds. The molecule has 2 aromatic rings. The summed E-state index contributed by atoms with van der Waals surface area (Å²) in [7, 11) is 1.72. The van der Waals surface area contributed by atoms with Gasteiger partial charge in [0.05, 0.1) is 13.7 Å². The SMILES string of the molecule is COc1ccc(CN2CCN(Cc3ccc(C#CCCO)cc3)CC2CCO)c(C)c1C. The Morgan fingerprint density at radius 3 is 2.44 bits per heavy atom. The minimum Gasteiger partial charge on any atom is -0.496 e. The summed E-state index contributed by atoms with van der Waals surface area (Å²) in [5, 5.41) is 18.5. The highest BCUT2D eigenvalue weighted by Crippen LogP contribution is 2.26. The van der Waals surface area contributed by atoms with Crippen LogP contribution in [0.4, 0.5) is 0 Å². The molecule has 0 radical (unpaired) electrons. The Bertz CT molecular complexity index is 930. The molecule has 1 heterocycles. The van der Waals surface area contributed by atoms with E-state index in [1.165, 1.54) is 22.3 Å². The Morgan fingerprint density at radius 1 is 0.969 bits per heavy atom. The van der Waals surface area contributed by atoms with Crippen LogP contribution in [0.3, 0.4) is 0 Å². The monoisotopic (exact) mass is 436 g/mol. The van der Waals surface area contributed by atoms with Crippen LogP contribution in [0.5, 0.6) is 5.75 Å². The highest BCUT2D eigenvalue weighted by molar-refractivity contribution is 5.43. The molecule has 0 aromatic heterocycles. The minimum absolute atomic E-state index is 0.101. The summed E-state index contributed by atoms with van der Waals surface area (Å²) in [5.41, 5.74) is 6.08. The molecule has 0 spiro atoms. The lowest BCUT2D eigenvalue weighted by Gasteiger charge is -2.41. The van der Waals surface area contributed by atoms with Crippen molar-refractivity contribution in [3.8, 4) is 17.6 Å². The van der Waals surface area contributed by atoms with Crippen molar-refractivity contribution in [3.63, 3.8) is 0 Å². The molecule has 5 heteroatoms. The molecule has 3 rings (SSSR count). The van der Waals surface area contributed by atoms with Gasteiger partial charge in [0, 0.05) is 57.4 Å². The number of benzene rings is 2. The second-order valence-electron chi connectivity index (χ2n) is 8.52. The van der Waals surface area contributed by atoms with Gasteiger partial charge in [0.2, 0.25) is 0 Å². The first-order chi connectivity index (χ1) is 15.5. The van der Waals surface area contributed by atoms with E-state index >= 15 is 0 Å². The summed E-state index contributed by atoms with van der Waals surface area (Å²) >= 11 is 0. The zero-order valence-corrected chi connectivity index (χ0v) is 19.6. The van der Waals surface area contributed by atoms with E-state index in [2.05, 4.69) is 71.9 Å². The van der Waals surface area contributed by atoms with Crippen molar-refractivity contribution < 1.29 is 14.9 Å². The Kier molecular flexibility index (Phi) is 9.13. The first kappa shape index (κ1) is 24.3. The van der Waals surface area contributed by atoms with Crippen LogP contribution in [-0.4, -0.2) is 66.0 Å². The third kappa shape index (κ3) is 6.34. The van der Waals surface area contributed by atoms with Gasteiger partial charge in [-0.3, -0.25) is 9.80 Å². The summed E-state index contributed by atoms with van der Waals surface area (Å²) in [5.74, 6) is 6.98. The fourth-order valence-electron chi connectivity index (χ4n) is 4.37. The van der Waals surface area contributed by atoms with Gasteiger partial charge < -0.3 is 14.9 Å². The number of hydrogen-bond acceptors (Lipinski definition) is 5. The van der Waals surface area contributed by atoms with Crippen LogP contribution < -0.4 is 4.74 Å². The Balaban J connectivity index is 1.62. The maximum absolute atomic E-state index is 9.67. The number of methoxy groups -OCH3 is 1. The molecule has 2 aromatic carbocycles. The van der Waals surface area contributed by atoms with Gasteiger partial charge in [-0.2, -0.15) is 0 Å². The fraction of sp³-hybridized carbons (Fsp3) is 0.481. The first-order valence-corrected chi connectivity index (χ1v) is 11.4. The second-order valence-corrected chi connectivity index (χ2v) is 8.52. The zero-order valence-electron chi connectivity index (χ0n) is 19.6. The van der Waals surface area contributed by atoms with Gasteiger partial charge in [-0.05, 0) is 60.7 Å². The van der Waals surface area contributed by atoms with Crippen molar-refractivity contribution >= 4 is 0 Å². The standard InChI is InChI=1S/C27H36N2O3/c1-21-22(2)27(32-3)12-11-25(21)19-29-15-14-28(20-26(29)13-17-31)18-24-9-7-23(8-10-24)6-4-5-16-30/h7-12,26,30-31H,5,13-20H2,1-3H3. The average Bonchev–Trinajstić information content (AvgIpc) is 2.80. The third-order valence-corrected chi connectivity index (χ3v) is 6.42. The van der Waals surface area contributed by atoms with Gasteiger partial charge in [0.1, 0.15) is 5.75 Å². The third-order valence-electron chi connectivity index (χ3n) is 6.42. The van der Waals surface area contributed by atoms with E-state index in [-0.39, 0.29) is 13.2 Å². The maximum atomic E-state index is 9.67. The molecule has 172 valence electrons. The predicted octanol–water partition coefficient (Wildman–Crippen LogP) is 3.11. The van der Waals surface area contributed by atoms with E-state index in [1.807, 2.05) is 0 Å². The van der Waals surface area contributed by atoms with Crippen LogP contribution >= 0.6 is 0 Å². The van der Waals surface area contributed by atoms with E-state index < -0.39 is 0 Å². The van der Waals surface area contributed by atoms with Crippen molar-refractivity contribution in [1.29, 1.82) is 0 Å². The van der Waals surface area contributed by atoms with Gasteiger partial charge in [0.25, 0.3) is 0 Å². The lowest BCUT2D eigenvalue weighted by atomic mass is 10.00. The lowest BCUT2D eigenvalue weighted by Crippen LogP contribution is -2.52. The van der Waals surface area contributed by atoms with E-state index in [0.29, 0.717) is 12.5 Å². The van der Waals surface area contributed by atoms with E-state index in [1.54, 1.807) is 7.11 Å². The highest BCUT2D eigenvalue weighted by atomic mass is 16.5. The van der Waals surface area contributed by atoms with Crippen molar-refractivity contribution in [2.45, 2.75) is 45.8 Å². The fourth-order valence-corrected chi connectivity index (χ4v) is 4.37. The Hall–Kier alpha value is -2.36. The Labute approximate surface area is 192 Å². The van der Waals surface area contributed by atoms with Gasteiger partial charge in [-0.1, -0.05) is 30.0 Å². The number of piperazine rings is 1. The number of nitrogens with zero attached hydrogens (tertiary/aromatic N) is 2. The molecular formula is C27H36N2O3. The molecule has 5 nitrogen and oxygen atoms in total. The summed E-state index contributed by atoms with van der Waals surface area (Å²) in [4.78, 5) is 5.00. The van der Waals surface area contributed by atoms with Crippen molar-refractivity contribution in [2.75, 3.05) is 40.0 Å². The van der Waals surface area contributed by atoms with Crippen LogP contribution in [0.1, 0.15) is 40.7 Å². The number of hydrogen-bond donors (Lipinski definition) is 2. The molecule has 0 bridgehead atoms. The van der Waals surface area contributed by atoms with Crippen LogP contribution in [0.2, 0.25) is 0 Å². The molecule has 1 aliphatic rings. The summed E-state index contributed by atoms with van der Waals surface area (Å²) in [6.07, 6.45) is 1.29. The molecular weight excluding hydrogens is 400 g/mol. The topological polar surface area (TPSA) is 56.2 Å². The number of aliphatic hydroxyl groups is 2. The molecule has 2 N–H and O–H groups in total. The van der Waals surface area contributed by atoms with Gasteiger partial charge in [0.15, 0.2) is 0 Å². The maximum Gasteiger partial charge on any atom is 0.122 e. The van der Waals surface area contributed by atoms with Crippen LogP contribution in [0.25, 0.3) is 0 Å². The van der Waals surface area contributed by atoms with Crippen molar-refractivity contribution in [3.05, 3.63) is 64.2 Å². The van der Waals surface area contributed by atoms with Gasteiger partial charge >= 0.3 is 0 Å². The highest BCUT2D eigenvalue weighted by Gasteiger charge is 2.27. The van der Waals surface area contributed by atoms with E-state index in [4.69, 9.17) is 9.84 Å². The quantitative estimate of drug-likeness (QED) is 0.623. The van der Waals surface area contributed by atoms with Crippen LogP contribution in [0.15, 0.2) is 36.4 Å². The van der Waals surface area contributed by atoms with Gasteiger partial charge in [-0.15, -0.1) is 0 Å². The number of aliphatic hydroxyl groups excluding tert-OH is 2. The number of ether oxygens (including phenoxy) is 1. The lowest BCUT2D eigenvalue weighted by molar-refractivity contribution is 0.0498. The van der Waals surface area contributed by atoms with Crippen LogP contribution in [0, 0.1) is 25.7 Å². The summed E-state index contributed by atoms with van der Waals surface area (Å²) < 4.78 is 5.46. The van der Waals surface area contributed by atoms with Gasteiger partial charge in [-0.25, -0.2) is 0 Å². The Morgan fingerprint density at radius 2 is 1.75 bits per heavy atom. The molecule has 1 saturated heterocycles.